The standard InChI is InChI=1S/C22H23N3O2/c1-15(2)20(21(26)18-9-7-16(13-23)8-10-18)24-22(27)25-12-11-17-5-3-4-6-19(17)14-25/h3-10,15,20H,11-12,14H2,1-2H3,(H,24,27). The van der Waals surface area contributed by atoms with Crippen LogP contribution in [0.15, 0.2) is 48.5 Å². The average Bonchev–Trinajstić information content (AvgIpc) is 2.70. The van der Waals surface area contributed by atoms with Crippen molar-refractivity contribution in [3.05, 3.63) is 70.8 Å². The lowest BCUT2D eigenvalue weighted by atomic mass is 9.94. The van der Waals surface area contributed by atoms with Crippen LogP contribution in [0.25, 0.3) is 0 Å². The summed E-state index contributed by atoms with van der Waals surface area (Å²) in [6.07, 6.45) is 0.819. The molecule has 3 rings (SSSR count). The van der Waals surface area contributed by atoms with Gasteiger partial charge in [0, 0.05) is 18.7 Å². The van der Waals surface area contributed by atoms with Crippen molar-refractivity contribution in [2.24, 2.45) is 5.92 Å². The number of hydrogen-bond acceptors (Lipinski definition) is 3. The highest BCUT2D eigenvalue weighted by molar-refractivity contribution is 6.02. The first-order chi connectivity index (χ1) is 13.0. The summed E-state index contributed by atoms with van der Waals surface area (Å²) in [5.74, 6) is -0.186. The van der Waals surface area contributed by atoms with Crippen LogP contribution in [0.1, 0.15) is 40.9 Å². The molecule has 2 amide bonds. The van der Waals surface area contributed by atoms with Gasteiger partial charge in [-0.1, -0.05) is 50.2 Å². The lowest BCUT2D eigenvalue weighted by Crippen LogP contribution is -2.51. The van der Waals surface area contributed by atoms with Crippen molar-refractivity contribution in [3.63, 3.8) is 0 Å². The third-order valence-corrected chi connectivity index (χ3v) is 4.94. The topological polar surface area (TPSA) is 73.2 Å². The number of nitriles is 1. The number of nitrogens with one attached hydrogen (secondary N) is 1. The summed E-state index contributed by atoms with van der Waals surface area (Å²) in [6, 6.07) is 15.9. The van der Waals surface area contributed by atoms with E-state index in [0.29, 0.717) is 24.2 Å². The first-order valence-electron chi connectivity index (χ1n) is 9.16. The van der Waals surface area contributed by atoms with E-state index < -0.39 is 6.04 Å². The maximum Gasteiger partial charge on any atom is 0.318 e. The van der Waals surface area contributed by atoms with Crippen molar-refractivity contribution in [2.45, 2.75) is 32.9 Å². The van der Waals surface area contributed by atoms with Crippen molar-refractivity contribution in [3.8, 4) is 6.07 Å². The number of hydrogen-bond donors (Lipinski definition) is 1. The van der Waals surface area contributed by atoms with Gasteiger partial charge in [-0.3, -0.25) is 4.79 Å². The number of amides is 2. The largest absolute Gasteiger partial charge is 0.328 e. The van der Waals surface area contributed by atoms with Gasteiger partial charge in [0.1, 0.15) is 0 Å². The molecule has 1 atom stereocenters. The minimum atomic E-state index is -0.609. The number of nitrogens with zero attached hydrogens (tertiary/aromatic N) is 2. The summed E-state index contributed by atoms with van der Waals surface area (Å²) in [5, 5.41) is 11.8. The molecule has 0 saturated carbocycles. The van der Waals surface area contributed by atoms with Gasteiger partial charge in [0.25, 0.3) is 0 Å². The van der Waals surface area contributed by atoms with Crippen LogP contribution in [0.5, 0.6) is 0 Å². The van der Waals surface area contributed by atoms with Crippen LogP contribution in [0.3, 0.4) is 0 Å². The van der Waals surface area contributed by atoms with Crippen LogP contribution in [0.4, 0.5) is 4.79 Å². The molecule has 0 radical (unpaired) electrons. The Kier molecular flexibility index (Phi) is 5.56. The maximum atomic E-state index is 12.9. The average molecular weight is 361 g/mol. The summed E-state index contributed by atoms with van der Waals surface area (Å²) in [6.45, 7) is 5.02. The maximum absolute atomic E-state index is 12.9. The molecule has 1 N–H and O–H groups in total. The number of fused-ring (bicyclic) bond motifs is 1. The Labute approximate surface area is 159 Å². The van der Waals surface area contributed by atoms with E-state index in [4.69, 9.17) is 5.26 Å². The summed E-state index contributed by atoms with van der Waals surface area (Å²) in [5.41, 5.74) is 3.43. The summed E-state index contributed by atoms with van der Waals surface area (Å²) >= 11 is 0. The molecular weight excluding hydrogens is 338 g/mol. The lowest BCUT2D eigenvalue weighted by Gasteiger charge is -2.31. The fraction of sp³-hybridized carbons (Fsp3) is 0.318. The number of benzene rings is 2. The van der Waals surface area contributed by atoms with Gasteiger partial charge in [-0.2, -0.15) is 5.26 Å². The molecule has 2 aromatic rings. The van der Waals surface area contributed by atoms with E-state index >= 15 is 0 Å². The van der Waals surface area contributed by atoms with Gasteiger partial charge in [-0.15, -0.1) is 0 Å². The van der Waals surface area contributed by atoms with Gasteiger partial charge in [0.15, 0.2) is 5.78 Å². The normalized spacial score (nSPS) is 14.2. The molecule has 0 spiro atoms. The monoisotopic (exact) mass is 361 g/mol. The van der Waals surface area contributed by atoms with Crippen molar-refractivity contribution < 1.29 is 9.59 Å². The van der Waals surface area contributed by atoms with Crippen LogP contribution < -0.4 is 5.32 Å². The fourth-order valence-corrected chi connectivity index (χ4v) is 3.32. The quantitative estimate of drug-likeness (QED) is 0.847. The third-order valence-electron chi connectivity index (χ3n) is 4.94. The molecule has 0 aliphatic carbocycles. The molecular formula is C22H23N3O2. The van der Waals surface area contributed by atoms with Gasteiger partial charge >= 0.3 is 6.03 Å². The summed E-state index contributed by atoms with van der Waals surface area (Å²) < 4.78 is 0. The molecule has 5 heteroatoms. The van der Waals surface area contributed by atoms with Crippen LogP contribution in [-0.4, -0.2) is 29.3 Å². The van der Waals surface area contributed by atoms with Gasteiger partial charge < -0.3 is 10.2 Å². The van der Waals surface area contributed by atoms with Gasteiger partial charge in [-0.25, -0.2) is 4.79 Å². The molecule has 0 fully saturated rings. The van der Waals surface area contributed by atoms with Crippen molar-refractivity contribution in [2.75, 3.05) is 6.54 Å². The van der Waals surface area contributed by atoms with Crippen molar-refractivity contribution >= 4 is 11.8 Å². The number of urea groups is 1. The van der Waals surface area contributed by atoms with E-state index in [1.165, 1.54) is 5.56 Å². The Morgan fingerprint density at radius 1 is 1.07 bits per heavy atom. The molecule has 0 saturated heterocycles. The molecule has 2 aromatic carbocycles. The highest BCUT2D eigenvalue weighted by Crippen LogP contribution is 2.19. The van der Waals surface area contributed by atoms with Crippen LogP contribution in [0, 0.1) is 17.2 Å². The molecule has 0 bridgehead atoms. The van der Waals surface area contributed by atoms with E-state index in [-0.39, 0.29) is 17.7 Å². The Balaban J connectivity index is 1.71. The van der Waals surface area contributed by atoms with Crippen LogP contribution in [0.2, 0.25) is 0 Å². The highest BCUT2D eigenvalue weighted by Gasteiger charge is 2.28. The van der Waals surface area contributed by atoms with Crippen molar-refractivity contribution in [1.29, 1.82) is 5.26 Å². The summed E-state index contributed by atoms with van der Waals surface area (Å²) in [4.78, 5) is 27.4. The minimum Gasteiger partial charge on any atom is -0.328 e. The van der Waals surface area contributed by atoms with Crippen LogP contribution >= 0.6 is 0 Å². The second-order valence-electron chi connectivity index (χ2n) is 7.16. The van der Waals surface area contributed by atoms with Gasteiger partial charge in [0.05, 0.1) is 17.7 Å². The smallest absolute Gasteiger partial charge is 0.318 e. The molecule has 138 valence electrons. The Morgan fingerprint density at radius 3 is 2.37 bits per heavy atom. The predicted octanol–water partition coefficient (Wildman–Crippen LogP) is 3.53. The molecule has 5 nitrogen and oxygen atoms in total. The second-order valence-corrected chi connectivity index (χ2v) is 7.16. The zero-order valence-corrected chi connectivity index (χ0v) is 15.6. The molecule has 0 aromatic heterocycles. The highest BCUT2D eigenvalue weighted by atomic mass is 16.2. The Morgan fingerprint density at radius 2 is 1.74 bits per heavy atom. The van der Waals surface area contributed by atoms with E-state index in [0.717, 1.165) is 12.0 Å². The predicted molar refractivity (Wildman–Crippen MR) is 103 cm³/mol. The van der Waals surface area contributed by atoms with Gasteiger partial charge in [0.2, 0.25) is 0 Å². The first kappa shape index (κ1) is 18.7. The fourth-order valence-electron chi connectivity index (χ4n) is 3.32. The van der Waals surface area contributed by atoms with E-state index in [9.17, 15) is 9.59 Å². The second kappa shape index (κ2) is 8.05. The minimum absolute atomic E-state index is 0.0471. The number of carbonyl (C=O) groups is 2. The first-order valence-corrected chi connectivity index (χ1v) is 9.16. The molecule has 1 heterocycles. The Hall–Kier alpha value is -3.13. The summed E-state index contributed by atoms with van der Waals surface area (Å²) in [7, 11) is 0. The van der Waals surface area contributed by atoms with Crippen molar-refractivity contribution in [1.82, 2.24) is 10.2 Å². The number of ketones is 1. The lowest BCUT2D eigenvalue weighted by molar-refractivity contribution is 0.0912. The molecule has 1 aliphatic rings. The van der Waals surface area contributed by atoms with Crippen LogP contribution in [-0.2, 0) is 13.0 Å². The zero-order valence-electron chi connectivity index (χ0n) is 15.6. The van der Waals surface area contributed by atoms with E-state index in [1.807, 2.05) is 38.1 Å². The number of rotatable bonds is 4. The molecule has 1 unspecified atom stereocenters. The number of carbonyl (C=O) groups excluding carboxylic acids is 2. The zero-order chi connectivity index (χ0) is 19.4. The van der Waals surface area contributed by atoms with E-state index in [2.05, 4.69) is 11.4 Å². The SMILES string of the molecule is CC(C)C(NC(=O)N1CCc2ccccc2C1)C(=O)c1ccc(C#N)cc1. The van der Waals surface area contributed by atoms with E-state index in [1.54, 1.807) is 29.2 Å². The third kappa shape index (κ3) is 4.17. The van der Waals surface area contributed by atoms with Gasteiger partial charge in [-0.05, 0) is 35.6 Å². The molecule has 1 aliphatic heterocycles. The number of Topliss-reactive ketones (excluding diaryl/α,β-unsaturated/α-hetero) is 1. The Bertz CT molecular complexity index is 881. The molecule has 27 heavy (non-hydrogen) atoms.